The number of hydrogen-bond donors (Lipinski definition) is 0. The smallest absolute Gasteiger partial charge is 0.269 e. The lowest BCUT2D eigenvalue weighted by molar-refractivity contribution is 0.257. The Morgan fingerprint density at radius 2 is 1.45 bits per heavy atom. The topological polar surface area (TPSA) is 59.1 Å². The summed E-state index contributed by atoms with van der Waals surface area (Å²) in [7, 11) is -3.94. The van der Waals surface area contributed by atoms with Crippen LogP contribution >= 0.6 is 0 Å². The van der Waals surface area contributed by atoms with Crippen molar-refractivity contribution in [1.29, 1.82) is 0 Å². The number of sulfonamides is 1. The molecule has 0 spiro atoms. The van der Waals surface area contributed by atoms with Crippen molar-refractivity contribution in [3.8, 4) is 5.75 Å². The maximum Gasteiger partial charge on any atom is 0.269 e. The Bertz CT molecular complexity index is 1100. The third-order valence-corrected chi connectivity index (χ3v) is 6.86. The first-order valence-electron chi connectivity index (χ1n) is 10.3. The monoisotopic (exact) mass is 437 g/mol. The van der Waals surface area contributed by atoms with E-state index in [0.717, 1.165) is 0 Å². The second kappa shape index (κ2) is 8.36. The molecule has 0 N–H and O–H groups in total. The van der Waals surface area contributed by atoms with Gasteiger partial charge in [-0.15, -0.1) is 0 Å². The van der Waals surface area contributed by atoms with Crippen molar-refractivity contribution in [2.45, 2.75) is 37.2 Å². The van der Waals surface area contributed by atoms with E-state index in [0.29, 0.717) is 35.9 Å². The molecule has 162 valence electrons. The van der Waals surface area contributed by atoms with Gasteiger partial charge in [0.05, 0.1) is 22.9 Å². The first-order chi connectivity index (χ1) is 14.8. The molecule has 0 saturated carbocycles. The minimum Gasteiger partial charge on any atom is -0.490 e. The van der Waals surface area contributed by atoms with Crippen LogP contribution in [0.5, 0.6) is 5.75 Å². The van der Waals surface area contributed by atoms with Crippen LogP contribution in [0, 0.1) is 0 Å². The highest BCUT2D eigenvalue weighted by Gasteiger charge is 2.35. The number of anilines is 2. The molecule has 3 aromatic rings. The molecule has 1 fully saturated rings. The summed E-state index contributed by atoms with van der Waals surface area (Å²) < 4.78 is 41.0. The molecule has 0 aliphatic carbocycles. The standard InChI is InChI=1S/C25H27NO4S/c1-25(2,3)24-22(30-18-21-17-29-21)15-10-16-23(24)31(27,28)26(19-11-6-4-7-12-19)20-13-8-5-9-14-20/h4-16,21H,17-18H2,1-3H3. The van der Waals surface area contributed by atoms with Crippen molar-refractivity contribution in [3.05, 3.63) is 84.4 Å². The SMILES string of the molecule is CC(C)(C)c1c(OCC2CO2)cccc1S(=O)(=O)N(c1ccccc1)c1ccccc1. The maximum absolute atomic E-state index is 14.1. The summed E-state index contributed by atoms with van der Waals surface area (Å²) in [5, 5.41) is 0. The van der Waals surface area contributed by atoms with E-state index in [2.05, 4.69) is 0 Å². The van der Waals surface area contributed by atoms with E-state index in [4.69, 9.17) is 9.47 Å². The highest BCUT2D eigenvalue weighted by Crippen LogP contribution is 2.41. The largest absolute Gasteiger partial charge is 0.490 e. The molecule has 1 atom stereocenters. The van der Waals surface area contributed by atoms with Crippen molar-refractivity contribution in [2.75, 3.05) is 17.5 Å². The summed E-state index contributed by atoms with van der Waals surface area (Å²) >= 11 is 0. The second-order valence-electron chi connectivity index (χ2n) is 8.59. The van der Waals surface area contributed by atoms with E-state index < -0.39 is 15.4 Å². The molecule has 0 radical (unpaired) electrons. The summed E-state index contributed by atoms with van der Waals surface area (Å²) in [6.07, 6.45) is 0.0817. The van der Waals surface area contributed by atoms with Crippen molar-refractivity contribution in [3.63, 3.8) is 0 Å². The van der Waals surface area contributed by atoms with Crippen LogP contribution in [0.4, 0.5) is 11.4 Å². The molecule has 6 heteroatoms. The van der Waals surface area contributed by atoms with Crippen LogP contribution in [-0.2, 0) is 20.2 Å². The van der Waals surface area contributed by atoms with Gasteiger partial charge in [0, 0.05) is 5.56 Å². The van der Waals surface area contributed by atoms with Gasteiger partial charge in [0.25, 0.3) is 10.0 Å². The van der Waals surface area contributed by atoms with E-state index in [1.54, 1.807) is 36.4 Å². The Kier molecular flexibility index (Phi) is 5.77. The predicted octanol–water partition coefficient (Wildman–Crippen LogP) is 5.29. The molecule has 31 heavy (non-hydrogen) atoms. The lowest BCUT2D eigenvalue weighted by Crippen LogP contribution is -2.29. The minimum absolute atomic E-state index is 0.0817. The molecule has 4 rings (SSSR count). The normalized spacial score (nSPS) is 16.0. The summed E-state index contributed by atoms with van der Waals surface area (Å²) in [5.74, 6) is 0.574. The van der Waals surface area contributed by atoms with Gasteiger partial charge in [0.1, 0.15) is 18.5 Å². The molecular weight excluding hydrogens is 410 g/mol. The average molecular weight is 438 g/mol. The molecule has 0 amide bonds. The van der Waals surface area contributed by atoms with Crippen LogP contribution in [0.1, 0.15) is 26.3 Å². The molecule has 1 aliphatic rings. The Balaban J connectivity index is 1.88. The third kappa shape index (κ3) is 4.60. The molecule has 1 unspecified atom stereocenters. The summed E-state index contributed by atoms with van der Waals surface area (Å²) in [6, 6.07) is 23.5. The number of benzene rings is 3. The van der Waals surface area contributed by atoms with Gasteiger partial charge in [-0.1, -0.05) is 63.2 Å². The van der Waals surface area contributed by atoms with Gasteiger partial charge in [-0.05, 0) is 41.8 Å². The average Bonchev–Trinajstić information content (AvgIpc) is 3.57. The maximum atomic E-state index is 14.1. The predicted molar refractivity (Wildman–Crippen MR) is 123 cm³/mol. The number of nitrogens with zero attached hydrogens (tertiary/aromatic N) is 1. The van der Waals surface area contributed by atoms with E-state index >= 15 is 0 Å². The van der Waals surface area contributed by atoms with Gasteiger partial charge in [-0.25, -0.2) is 12.7 Å². The quantitative estimate of drug-likeness (QED) is 0.471. The Labute approximate surface area is 184 Å². The molecular formula is C25H27NO4S. The highest BCUT2D eigenvalue weighted by atomic mass is 32.2. The van der Waals surface area contributed by atoms with Crippen molar-refractivity contribution in [1.82, 2.24) is 0 Å². The van der Waals surface area contributed by atoms with Crippen molar-refractivity contribution >= 4 is 21.4 Å². The number of epoxide rings is 1. The molecule has 0 aromatic heterocycles. The van der Waals surface area contributed by atoms with E-state index in [1.807, 2.05) is 63.2 Å². The minimum atomic E-state index is -3.94. The van der Waals surface area contributed by atoms with Gasteiger partial charge in [0.15, 0.2) is 0 Å². The molecule has 3 aromatic carbocycles. The van der Waals surface area contributed by atoms with Gasteiger partial charge >= 0.3 is 0 Å². The molecule has 0 bridgehead atoms. The van der Waals surface area contributed by atoms with Crippen LogP contribution in [0.15, 0.2) is 83.8 Å². The van der Waals surface area contributed by atoms with Crippen molar-refractivity contribution < 1.29 is 17.9 Å². The molecule has 1 saturated heterocycles. The van der Waals surface area contributed by atoms with E-state index in [9.17, 15) is 8.42 Å². The molecule has 5 nitrogen and oxygen atoms in total. The fourth-order valence-electron chi connectivity index (χ4n) is 3.58. The van der Waals surface area contributed by atoms with Crippen LogP contribution in [-0.4, -0.2) is 27.7 Å². The summed E-state index contributed by atoms with van der Waals surface area (Å²) in [5.41, 5.74) is 1.35. The zero-order chi connectivity index (χ0) is 22.1. The fourth-order valence-corrected chi connectivity index (χ4v) is 5.49. The zero-order valence-electron chi connectivity index (χ0n) is 18.0. The Hall–Kier alpha value is -2.83. The van der Waals surface area contributed by atoms with Gasteiger partial charge in [-0.3, -0.25) is 0 Å². The number of ether oxygens (including phenoxy) is 2. The van der Waals surface area contributed by atoms with E-state index in [1.165, 1.54) is 4.31 Å². The number of hydrogen-bond acceptors (Lipinski definition) is 4. The number of rotatable bonds is 7. The van der Waals surface area contributed by atoms with Gasteiger partial charge < -0.3 is 9.47 Å². The lowest BCUT2D eigenvalue weighted by atomic mass is 9.86. The van der Waals surface area contributed by atoms with Crippen LogP contribution in [0.25, 0.3) is 0 Å². The Morgan fingerprint density at radius 1 is 0.903 bits per heavy atom. The fraction of sp³-hybridized carbons (Fsp3) is 0.280. The van der Waals surface area contributed by atoms with Crippen LogP contribution in [0.2, 0.25) is 0 Å². The second-order valence-corrected chi connectivity index (χ2v) is 10.3. The molecule has 1 aliphatic heterocycles. The molecule has 1 heterocycles. The van der Waals surface area contributed by atoms with Gasteiger partial charge in [-0.2, -0.15) is 0 Å². The lowest BCUT2D eigenvalue weighted by Gasteiger charge is -2.30. The zero-order valence-corrected chi connectivity index (χ0v) is 18.8. The first-order valence-corrected chi connectivity index (χ1v) is 11.8. The summed E-state index contributed by atoms with van der Waals surface area (Å²) in [4.78, 5) is 0.238. The van der Waals surface area contributed by atoms with Crippen LogP contribution in [0.3, 0.4) is 0 Å². The van der Waals surface area contributed by atoms with Crippen molar-refractivity contribution in [2.24, 2.45) is 0 Å². The number of para-hydroxylation sites is 2. The van der Waals surface area contributed by atoms with E-state index in [-0.39, 0.29) is 11.0 Å². The van der Waals surface area contributed by atoms with Crippen LogP contribution < -0.4 is 9.04 Å². The third-order valence-electron chi connectivity index (χ3n) is 5.06. The summed E-state index contributed by atoms with van der Waals surface area (Å²) in [6.45, 7) is 7.08. The van der Waals surface area contributed by atoms with Gasteiger partial charge in [0.2, 0.25) is 0 Å². The Morgan fingerprint density at radius 3 is 1.94 bits per heavy atom. The highest BCUT2D eigenvalue weighted by molar-refractivity contribution is 7.93. The first kappa shape index (κ1) is 21.4.